The first kappa shape index (κ1) is 19.9. The number of hydrogen-bond acceptors (Lipinski definition) is 4. The summed E-state index contributed by atoms with van der Waals surface area (Å²) in [7, 11) is -2.22. The highest BCUT2D eigenvalue weighted by molar-refractivity contribution is 9.10. The van der Waals surface area contributed by atoms with Crippen LogP contribution >= 0.6 is 15.9 Å². The van der Waals surface area contributed by atoms with E-state index in [0.717, 1.165) is 4.47 Å². The van der Waals surface area contributed by atoms with Gasteiger partial charge in [0.15, 0.2) is 0 Å². The Bertz CT molecular complexity index is 1060. The van der Waals surface area contributed by atoms with Gasteiger partial charge >= 0.3 is 0 Å². The van der Waals surface area contributed by atoms with Crippen molar-refractivity contribution in [2.24, 2.45) is 0 Å². The van der Waals surface area contributed by atoms with Crippen molar-refractivity contribution in [2.75, 3.05) is 17.1 Å². The number of amides is 1. The first-order valence-electron chi connectivity index (χ1n) is 8.21. The number of carbonyl (C=O) groups is 1. The van der Waals surface area contributed by atoms with Gasteiger partial charge < -0.3 is 10.1 Å². The summed E-state index contributed by atoms with van der Waals surface area (Å²) < 4.78 is 33.3. The number of benzene rings is 3. The van der Waals surface area contributed by atoms with Crippen LogP contribution in [0, 0.1) is 0 Å². The molecule has 3 rings (SSSR count). The van der Waals surface area contributed by atoms with Crippen molar-refractivity contribution < 1.29 is 17.9 Å². The zero-order valence-electron chi connectivity index (χ0n) is 14.8. The van der Waals surface area contributed by atoms with Crippen LogP contribution < -0.4 is 14.8 Å². The van der Waals surface area contributed by atoms with Crippen molar-refractivity contribution in [3.05, 3.63) is 82.8 Å². The van der Waals surface area contributed by atoms with E-state index >= 15 is 0 Å². The minimum atomic E-state index is -3.73. The maximum Gasteiger partial charge on any atom is 0.261 e. The quantitative estimate of drug-likeness (QED) is 0.566. The number of carbonyl (C=O) groups excluding carboxylic acids is 1. The number of hydrogen-bond donors (Lipinski definition) is 2. The van der Waals surface area contributed by atoms with Crippen LogP contribution in [0.5, 0.6) is 5.75 Å². The summed E-state index contributed by atoms with van der Waals surface area (Å²) in [6.45, 7) is 0. The van der Waals surface area contributed by atoms with Crippen LogP contribution in [0.25, 0.3) is 0 Å². The predicted molar refractivity (Wildman–Crippen MR) is 112 cm³/mol. The second-order valence-electron chi connectivity index (χ2n) is 5.82. The van der Waals surface area contributed by atoms with Crippen molar-refractivity contribution in [3.8, 4) is 5.75 Å². The molecule has 6 nitrogen and oxygen atoms in total. The fourth-order valence-electron chi connectivity index (χ4n) is 2.40. The van der Waals surface area contributed by atoms with Crippen molar-refractivity contribution in [3.63, 3.8) is 0 Å². The molecule has 0 aliphatic heterocycles. The van der Waals surface area contributed by atoms with Gasteiger partial charge in [0.2, 0.25) is 0 Å². The molecule has 28 heavy (non-hydrogen) atoms. The molecular weight excluding hydrogens is 444 g/mol. The summed E-state index contributed by atoms with van der Waals surface area (Å²) in [6.07, 6.45) is 0. The molecule has 0 spiro atoms. The molecule has 8 heteroatoms. The Labute approximate surface area is 171 Å². The molecule has 1 amide bonds. The Morgan fingerprint density at radius 2 is 1.43 bits per heavy atom. The third-order valence-electron chi connectivity index (χ3n) is 3.87. The highest BCUT2D eigenvalue weighted by atomic mass is 79.9. The summed E-state index contributed by atoms with van der Waals surface area (Å²) in [5, 5.41) is 2.78. The molecular formula is C20H17BrN2O4S. The molecule has 0 bridgehead atoms. The number of anilines is 2. The average Bonchev–Trinajstić information content (AvgIpc) is 2.70. The summed E-state index contributed by atoms with van der Waals surface area (Å²) in [4.78, 5) is 12.4. The van der Waals surface area contributed by atoms with Gasteiger partial charge in [0, 0.05) is 21.4 Å². The molecule has 0 atom stereocenters. The highest BCUT2D eigenvalue weighted by Gasteiger charge is 2.14. The Kier molecular flexibility index (Phi) is 6.01. The molecule has 0 heterocycles. The van der Waals surface area contributed by atoms with Crippen molar-refractivity contribution >= 4 is 43.2 Å². The van der Waals surface area contributed by atoms with Crippen LogP contribution in [0.15, 0.2) is 82.2 Å². The predicted octanol–water partition coefficient (Wildman–Crippen LogP) is 4.51. The Balaban J connectivity index is 1.69. The Hall–Kier alpha value is -2.84. The third-order valence-corrected chi connectivity index (χ3v) is 5.80. The van der Waals surface area contributed by atoms with Crippen LogP contribution in [-0.4, -0.2) is 21.4 Å². The molecule has 0 aromatic heterocycles. The zero-order valence-corrected chi connectivity index (χ0v) is 17.2. The second kappa shape index (κ2) is 8.45. The fraction of sp³-hybridized carbons (Fsp3) is 0.0500. The molecule has 0 aliphatic rings. The van der Waals surface area contributed by atoms with E-state index in [4.69, 9.17) is 4.74 Å². The summed E-state index contributed by atoms with van der Waals surface area (Å²) in [6, 6.07) is 19.5. The van der Waals surface area contributed by atoms with E-state index in [-0.39, 0.29) is 10.8 Å². The topological polar surface area (TPSA) is 84.5 Å². The molecule has 0 fully saturated rings. The van der Waals surface area contributed by atoms with Crippen LogP contribution in [0.2, 0.25) is 0 Å². The molecule has 0 aliphatic carbocycles. The normalized spacial score (nSPS) is 10.9. The van der Waals surface area contributed by atoms with Gasteiger partial charge in [-0.25, -0.2) is 8.42 Å². The molecule has 3 aromatic rings. The first-order valence-corrected chi connectivity index (χ1v) is 10.5. The largest absolute Gasteiger partial charge is 0.497 e. The number of ether oxygens (including phenoxy) is 1. The molecule has 3 aromatic carbocycles. The van der Waals surface area contributed by atoms with Gasteiger partial charge in [-0.2, -0.15) is 0 Å². The second-order valence-corrected chi connectivity index (χ2v) is 8.42. The van der Waals surface area contributed by atoms with Gasteiger partial charge in [0.25, 0.3) is 15.9 Å². The minimum absolute atomic E-state index is 0.116. The molecule has 0 unspecified atom stereocenters. The summed E-state index contributed by atoms with van der Waals surface area (Å²) in [5.41, 5.74) is 1.43. The standard InChI is InChI=1S/C20H17BrN2O4S/c1-27-18-10-12-19(13-11-18)28(25,26)23-17-6-2-14(3-7-17)20(24)22-16-8-4-15(21)5-9-16/h2-13,23H,1H3,(H,22,24). The summed E-state index contributed by atoms with van der Waals surface area (Å²) in [5.74, 6) is 0.284. The molecule has 0 saturated carbocycles. The minimum Gasteiger partial charge on any atom is -0.497 e. The lowest BCUT2D eigenvalue weighted by Crippen LogP contribution is -2.14. The Morgan fingerprint density at radius 3 is 2.00 bits per heavy atom. The van der Waals surface area contributed by atoms with Crippen molar-refractivity contribution in [2.45, 2.75) is 4.90 Å². The van der Waals surface area contributed by atoms with Crippen LogP contribution in [0.4, 0.5) is 11.4 Å². The highest BCUT2D eigenvalue weighted by Crippen LogP contribution is 2.20. The average molecular weight is 461 g/mol. The van der Waals surface area contributed by atoms with E-state index in [9.17, 15) is 13.2 Å². The van der Waals surface area contributed by atoms with Gasteiger partial charge in [-0.05, 0) is 72.8 Å². The van der Waals surface area contributed by atoms with Crippen LogP contribution in [0.3, 0.4) is 0 Å². The van der Waals surface area contributed by atoms with Crippen molar-refractivity contribution in [1.82, 2.24) is 0 Å². The van der Waals surface area contributed by atoms with E-state index in [1.54, 1.807) is 36.4 Å². The zero-order chi connectivity index (χ0) is 20.1. The van der Waals surface area contributed by atoms with Gasteiger partial charge in [0.05, 0.1) is 12.0 Å². The van der Waals surface area contributed by atoms with Crippen LogP contribution in [-0.2, 0) is 10.0 Å². The van der Waals surface area contributed by atoms with E-state index < -0.39 is 10.0 Å². The van der Waals surface area contributed by atoms with Gasteiger partial charge in [0.1, 0.15) is 5.75 Å². The first-order chi connectivity index (χ1) is 13.4. The van der Waals surface area contributed by atoms with Crippen LogP contribution in [0.1, 0.15) is 10.4 Å². The lowest BCUT2D eigenvalue weighted by atomic mass is 10.2. The maximum absolute atomic E-state index is 12.5. The number of methoxy groups -OCH3 is 1. The summed E-state index contributed by atoms with van der Waals surface area (Å²) >= 11 is 3.34. The smallest absolute Gasteiger partial charge is 0.261 e. The van der Waals surface area contributed by atoms with E-state index in [0.29, 0.717) is 22.7 Å². The van der Waals surface area contributed by atoms with Gasteiger partial charge in [-0.15, -0.1) is 0 Å². The number of halogens is 1. The lowest BCUT2D eigenvalue weighted by Gasteiger charge is -2.10. The Morgan fingerprint density at radius 1 is 0.857 bits per heavy atom. The molecule has 0 radical (unpaired) electrons. The van der Waals surface area contributed by atoms with E-state index in [1.165, 1.54) is 31.4 Å². The molecule has 0 saturated heterocycles. The monoisotopic (exact) mass is 460 g/mol. The maximum atomic E-state index is 12.5. The SMILES string of the molecule is COc1ccc(S(=O)(=O)Nc2ccc(C(=O)Nc3ccc(Br)cc3)cc2)cc1. The van der Waals surface area contributed by atoms with Gasteiger partial charge in [-0.3, -0.25) is 9.52 Å². The number of rotatable bonds is 6. The molecule has 2 N–H and O–H groups in total. The fourth-order valence-corrected chi connectivity index (χ4v) is 3.72. The lowest BCUT2D eigenvalue weighted by molar-refractivity contribution is 0.102. The van der Waals surface area contributed by atoms with Gasteiger partial charge in [-0.1, -0.05) is 15.9 Å². The number of sulfonamides is 1. The van der Waals surface area contributed by atoms with E-state index in [2.05, 4.69) is 26.0 Å². The number of nitrogens with one attached hydrogen (secondary N) is 2. The molecule has 144 valence electrons. The van der Waals surface area contributed by atoms with E-state index in [1.807, 2.05) is 12.1 Å². The van der Waals surface area contributed by atoms with Crippen molar-refractivity contribution in [1.29, 1.82) is 0 Å². The third kappa shape index (κ3) is 4.90.